The van der Waals surface area contributed by atoms with Crippen LogP contribution in [-0.2, 0) is 6.54 Å². The van der Waals surface area contributed by atoms with Crippen LogP contribution in [0.1, 0.15) is 31.2 Å². The van der Waals surface area contributed by atoms with E-state index in [0.717, 1.165) is 54.0 Å². The Morgan fingerprint density at radius 1 is 0.833 bits per heavy atom. The molecule has 188 valence electrons. The molecule has 0 spiro atoms. The van der Waals surface area contributed by atoms with Crippen molar-refractivity contribution in [3.8, 4) is 5.75 Å². The number of rotatable bonds is 9. The highest BCUT2D eigenvalue weighted by Crippen LogP contribution is 2.31. The van der Waals surface area contributed by atoms with Crippen molar-refractivity contribution in [2.45, 2.75) is 32.2 Å². The Balaban J connectivity index is 1.12. The van der Waals surface area contributed by atoms with Gasteiger partial charge in [-0.05, 0) is 73.0 Å². The maximum atomic E-state index is 5.66. The smallest absolute Gasteiger partial charge is 0.225 e. The van der Waals surface area contributed by atoms with Gasteiger partial charge in [0.2, 0.25) is 5.95 Å². The first-order chi connectivity index (χ1) is 17.6. The Morgan fingerprint density at radius 3 is 2.28 bits per heavy atom. The molecule has 1 fully saturated rings. The van der Waals surface area contributed by atoms with Gasteiger partial charge in [-0.15, -0.1) is 0 Å². The van der Waals surface area contributed by atoms with Crippen molar-refractivity contribution in [3.05, 3.63) is 66.2 Å². The molecule has 3 aromatic carbocycles. The second-order valence-corrected chi connectivity index (χ2v) is 10.1. The third-order valence-corrected chi connectivity index (χ3v) is 7.47. The lowest BCUT2D eigenvalue weighted by atomic mass is 9.82. The summed E-state index contributed by atoms with van der Waals surface area (Å²) in [5.41, 5.74) is 2.23. The van der Waals surface area contributed by atoms with E-state index in [-0.39, 0.29) is 0 Å². The van der Waals surface area contributed by atoms with Crippen LogP contribution in [0.5, 0.6) is 5.75 Å². The zero-order chi connectivity index (χ0) is 24.9. The van der Waals surface area contributed by atoms with E-state index in [9.17, 15) is 0 Å². The second-order valence-electron chi connectivity index (χ2n) is 10.1. The zero-order valence-electron chi connectivity index (χ0n) is 21.6. The molecule has 36 heavy (non-hydrogen) atoms. The van der Waals surface area contributed by atoms with Gasteiger partial charge in [0.1, 0.15) is 11.6 Å². The zero-order valence-corrected chi connectivity index (χ0v) is 21.6. The molecule has 6 heteroatoms. The van der Waals surface area contributed by atoms with Gasteiger partial charge in [0.05, 0.1) is 12.6 Å². The summed E-state index contributed by atoms with van der Waals surface area (Å²) < 4.78 is 5.66. The highest BCUT2D eigenvalue weighted by molar-refractivity contribution is 5.90. The first-order valence-corrected chi connectivity index (χ1v) is 13.1. The molecule has 0 bridgehead atoms. The standard InChI is InChI=1S/C30H37N5O/c1-35(2)29-25-10-6-7-11-27(25)33-30(34-29)32-19-22-14-12-21(13-15-22)18-31-20-26-24-9-5-4-8-23(24)16-17-28(26)36-3/h4-11,16-17,21-22,31H,12-15,18-20H2,1-3H3,(H,32,33,34). The summed E-state index contributed by atoms with van der Waals surface area (Å²) in [5, 5.41) is 10.9. The predicted octanol–water partition coefficient (Wildman–Crippen LogP) is 5.87. The van der Waals surface area contributed by atoms with Crippen LogP contribution in [-0.4, -0.2) is 44.3 Å². The van der Waals surface area contributed by atoms with E-state index in [0.29, 0.717) is 5.92 Å². The molecular weight excluding hydrogens is 446 g/mol. The molecule has 0 radical (unpaired) electrons. The summed E-state index contributed by atoms with van der Waals surface area (Å²) in [6, 6.07) is 21.0. The first-order valence-electron chi connectivity index (χ1n) is 13.1. The minimum atomic E-state index is 0.664. The highest BCUT2D eigenvalue weighted by Gasteiger charge is 2.21. The number of nitrogens with zero attached hydrogens (tertiary/aromatic N) is 3. The maximum absolute atomic E-state index is 5.66. The largest absolute Gasteiger partial charge is 0.496 e. The van der Waals surface area contributed by atoms with E-state index in [1.54, 1.807) is 7.11 Å². The molecule has 2 N–H and O–H groups in total. The number of hydrogen-bond donors (Lipinski definition) is 2. The Morgan fingerprint density at radius 2 is 1.53 bits per heavy atom. The van der Waals surface area contributed by atoms with Gasteiger partial charge in [-0.2, -0.15) is 4.98 Å². The number of para-hydroxylation sites is 1. The Bertz CT molecular complexity index is 1310. The van der Waals surface area contributed by atoms with Crippen molar-refractivity contribution in [2.75, 3.05) is 44.5 Å². The van der Waals surface area contributed by atoms with Crippen LogP contribution in [0, 0.1) is 11.8 Å². The van der Waals surface area contributed by atoms with Gasteiger partial charge in [0.15, 0.2) is 0 Å². The van der Waals surface area contributed by atoms with Gasteiger partial charge < -0.3 is 20.3 Å². The lowest BCUT2D eigenvalue weighted by molar-refractivity contribution is 0.275. The number of benzene rings is 3. The number of ether oxygens (including phenoxy) is 1. The molecule has 0 saturated heterocycles. The van der Waals surface area contributed by atoms with E-state index in [4.69, 9.17) is 14.7 Å². The summed E-state index contributed by atoms with van der Waals surface area (Å²) in [7, 11) is 5.82. The van der Waals surface area contributed by atoms with Gasteiger partial charge in [0, 0.05) is 38.1 Å². The number of nitrogens with one attached hydrogen (secondary N) is 2. The number of anilines is 2. The normalized spacial score (nSPS) is 17.9. The lowest BCUT2D eigenvalue weighted by Gasteiger charge is -2.29. The molecule has 0 amide bonds. The van der Waals surface area contributed by atoms with Crippen LogP contribution in [0.2, 0.25) is 0 Å². The molecule has 5 rings (SSSR count). The van der Waals surface area contributed by atoms with E-state index >= 15 is 0 Å². The van der Waals surface area contributed by atoms with Crippen molar-refractivity contribution in [1.82, 2.24) is 15.3 Å². The van der Waals surface area contributed by atoms with Gasteiger partial charge in [-0.25, -0.2) is 4.98 Å². The lowest BCUT2D eigenvalue weighted by Crippen LogP contribution is -2.28. The van der Waals surface area contributed by atoms with Crippen LogP contribution in [0.25, 0.3) is 21.7 Å². The highest BCUT2D eigenvalue weighted by atomic mass is 16.5. The molecule has 1 saturated carbocycles. The van der Waals surface area contributed by atoms with E-state index in [1.807, 2.05) is 26.2 Å². The van der Waals surface area contributed by atoms with Crippen LogP contribution < -0.4 is 20.3 Å². The second kappa shape index (κ2) is 11.1. The number of hydrogen-bond acceptors (Lipinski definition) is 6. The van der Waals surface area contributed by atoms with Gasteiger partial charge in [0.25, 0.3) is 0 Å². The molecule has 1 aliphatic rings. The summed E-state index contributed by atoms with van der Waals surface area (Å²) in [5.74, 6) is 4.03. The van der Waals surface area contributed by atoms with Crippen molar-refractivity contribution < 1.29 is 4.74 Å². The number of methoxy groups -OCH3 is 1. The average molecular weight is 484 g/mol. The fourth-order valence-corrected chi connectivity index (χ4v) is 5.45. The fourth-order valence-electron chi connectivity index (χ4n) is 5.45. The van der Waals surface area contributed by atoms with Crippen LogP contribution >= 0.6 is 0 Å². The molecule has 0 atom stereocenters. The van der Waals surface area contributed by atoms with E-state index in [1.165, 1.54) is 42.0 Å². The first kappa shape index (κ1) is 24.3. The molecule has 4 aromatic rings. The van der Waals surface area contributed by atoms with Crippen molar-refractivity contribution in [2.24, 2.45) is 11.8 Å². The summed E-state index contributed by atoms with van der Waals surface area (Å²) in [6.07, 6.45) is 5.00. The van der Waals surface area contributed by atoms with E-state index < -0.39 is 0 Å². The number of aromatic nitrogens is 2. The van der Waals surface area contributed by atoms with Crippen LogP contribution in [0.3, 0.4) is 0 Å². The Labute approximate surface area is 214 Å². The van der Waals surface area contributed by atoms with Crippen molar-refractivity contribution >= 4 is 33.4 Å². The third-order valence-electron chi connectivity index (χ3n) is 7.47. The molecule has 6 nitrogen and oxygen atoms in total. The van der Waals surface area contributed by atoms with Crippen LogP contribution in [0.4, 0.5) is 11.8 Å². The topological polar surface area (TPSA) is 62.3 Å². The minimum Gasteiger partial charge on any atom is -0.496 e. The summed E-state index contributed by atoms with van der Waals surface area (Å²) >= 11 is 0. The van der Waals surface area contributed by atoms with Gasteiger partial charge in [-0.3, -0.25) is 0 Å². The Hall–Kier alpha value is -3.38. The fraction of sp³-hybridized carbons (Fsp3) is 0.400. The van der Waals surface area contributed by atoms with E-state index in [2.05, 4.69) is 64.1 Å². The van der Waals surface area contributed by atoms with Gasteiger partial charge in [-0.1, -0.05) is 42.5 Å². The molecular formula is C30H37N5O. The SMILES string of the molecule is COc1ccc2ccccc2c1CNCC1CCC(CNc2nc(N(C)C)c3ccccc3n2)CC1. The molecule has 0 unspecified atom stereocenters. The molecule has 1 aromatic heterocycles. The maximum Gasteiger partial charge on any atom is 0.225 e. The minimum absolute atomic E-state index is 0.664. The predicted molar refractivity (Wildman–Crippen MR) is 150 cm³/mol. The molecule has 1 heterocycles. The molecule has 1 aliphatic carbocycles. The third kappa shape index (κ3) is 5.39. The van der Waals surface area contributed by atoms with Crippen LogP contribution in [0.15, 0.2) is 60.7 Å². The Kier molecular flexibility index (Phi) is 7.52. The number of fused-ring (bicyclic) bond motifs is 2. The quantitative estimate of drug-likeness (QED) is 0.311. The van der Waals surface area contributed by atoms with Crippen molar-refractivity contribution in [3.63, 3.8) is 0 Å². The monoisotopic (exact) mass is 483 g/mol. The summed E-state index contributed by atoms with van der Waals surface area (Å²) in [4.78, 5) is 11.6. The average Bonchev–Trinajstić information content (AvgIpc) is 2.92. The summed E-state index contributed by atoms with van der Waals surface area (Å²) in [6.45, 7) is 2.81. The van der Waals surface area contributed by atoms with Crippen molar-refractivity contribution in [1.29, 1.82) is 0 Å². The van der Waals surface area contributed by atoms with Gasteiger partial charge >= 0.3 is 0 Å². The molecule has 0 aliphatic heterocycles.